The molecule has 1 amide bonds. The third-order valence-electron chi connectivity index (χ3n) is 2.94. The quantitative estimate of drug-likeness (QED) is 0.565. The standard InChI is InChI=1S/C13H18N2O4/c1-13(2,8-3-5-9(14)6-4-8)12(19)15-7-10(16)11(17)18/h3-6,10,16H,7,14H2,1-2H3,(H,15,19)(H,17,18). The van der Waals surface area contributed by atoms with Crippen LogP contribution in [0.5, 0.6) is 0 Å². The van der Waals surface area contributed by atoms with E-state index < -0.39 is 17.5 Å². The minimum atomic E-state index is -1.61. The zero-order valence-electron chi connectivity index (χ0n) is 10.9. The van der Waals surface area contributed by atoms with E-state index >= 15 is 0 Å². The van der Waals surface area contributed by atoms with Crippen molar-refractivity contribution in [3.05, 3.63) is 29.8 Å². The van der Waals surface area contributed by atoms with E-state index in [4.69, 9.17) is 15.9 Å². The van der Waals surface area contributed by atoms with Crippen LogP contribution in [-0.4, -0.2) is 34.7 Å². The molecule has 0 radical (unpaired) electrons. The minimum Gasteiger partial charge on any atom is -0.479 e. The van der Waals surface area contributed by atoms with Gasteiger partial charge in [0.05, 0.1) is 12.0 Å². The summed E-state index contributed by atoms with van der Waals surface area (Å²) in [6.45, 7) is 3.09. The number of carbonyl (C=O) groups excluding carboxylic acids is 1. The third kappa shape index (κ3) is 3.69. The zero-order valence-corrected chi connectivity index (χ0v) is 10.9. The van der Waals surface area contributed by atoms with E-state index in [1.54, 1.807) is 38.1 Å². The summed E-state index contributed by atoms with van der Waals surface area (Å²) >= 11 is 0. The van der Waals surface area contributed by atoms with Gasteiger partial charge in [-0.1, -0.05) is 12.1 Å². The number of carbonyl (C=O) groups is 2. The second kappa shape index (κ2) is 5.71. The molecule has 0 heterocycles. The van der Waals surface area contributed by atoms with Crippen LogP contribution >= 0.6 is 0 Å². The summed E-state index contributed by atoms with van der Waals surface area (Å²) in [4.78, 5) is 22.5. The lowest BCUT2D eigenvalue weighted by Crippen LogP contribution is -2.44. The Kier molecular flexibility index (Phi) is 4.50. The first-order valence-corrected chi connectivity index (χ1v) is 5.80. The number of amides is 1. The molecule has 104 valence electrons. The minimum absolute atomic E-state index is 0.327. The number of benzene rings is 1. The predicted molar refractivity (Wildman–Crippen MR) is 70.5 cm³/mol. The van der Waals surface area contributed by atoms with Crippen molar-refractivity contribution in [3.8, 4) is 0 Å². The van der Waals surface area contributed by atoms with Crippen molar-refractivity contribution in [1.29, 1.82) is 0 Å². The van der Waals surface area contributed by atoms with Crippen LogP contribution in [0.4, 0.5) is 5.69 Å². The Bertz CT molecular complexity index is 468. The Balaban J connectivity index is 2.74. The molecular formula is C13H18N2O4. The number of nitrogens with two attached hydrogens (primary N) is 1. The maximum absolute atomic E-state index is 12.0. The number of nitrogen functional groups attached to an aromatic ring is 1. The Morgan fingerprint density at radius 3 is 2.32 bits per heavy atom. The van der Waals surface area contributed by atoms with Gasteiger partial charge in [0.15, 0.2) is 6.10 Å². The monoisotopic (exact) mass is 266 g/mol. The van der Waals surface area contributed by atoms with Crippen molar-refractivity contribution in [2.45, 2.75) is 25.4 Å². The summed E-state index contributed by atoms with van der Waals surface area (Å²) in [7, 11) is 0. The van der Waals surface area contributed by atoms with Crippen LogP contribution in [0, 0.1) is 0 Å². The Morgan fingerprint density at radius 1 is 1.32 bits per heavy atom. The fraction of sp³-hybridized carbons (Fsp3) is 0.385. The molecule has 0 saturated carbocycles. The molecular weight excluding hydrogens is 248 g/mol. The van der Waals surface area contributed by atoms with Crippen molar-refractivity contribution in [2.75, 3.05) is 12.3 Å². The van der Waals surface area contributed by atoms with Crippen molar-refractivity contribution < 1.29 is 19.8 Å². The molecule has 6 heteroatoms. The first-order chi connectivity index (χ1) is 8.75. The van der Waals surface area contributed by atoms with Gasteiger partial charge in [0.1, 0.15) is 0 Å². The average Bonchev–Trinajstić information content (AvgIpc) is 2.35. The van der Waals surface area contributed by atoms with Gasteiger partial charge in [-0.25, -0.2) is 4.79 Å². The Hall–Kier alpha value is -2.08. The molecule has 1 atom stereocenters. The van der Waals surface area contributed by atoms with E-state index in [0.717, 1.165) is 5.56 Å². The summed E-state index contributed by atoms with van der Waals surface area (Å²) < 4.78 is 0. The number of aliphatic hydroxyl groups excluding tert-OH is 1. The Labute approximate surface area is 111 Å². The van der Waals surface area contributed by atoms with Gasteiger partial charge in [0.25, 0.3) is 0 Å². The van der Waals surface area contributed by atoms with Crippen molar-refractivity contribution in [2.24, 2.45) is 0 Å². The number of anilines is 1. The van der Waals surface area contributed by atoms with Crippen molar-refractivity contribution in [1.82, 2.24) is 5.32 Å². The molecule has 0 aliphatic rings. The van der Waals surface area contributed by atoms with Crippen LogP contribution in [0.25, 0.3) is 0 Å². The van der Waals surface area contributed by atoms with Crippen molar-refractivity contribution >= 4 is 17.6 Å². The molecule has 1 aromatic carbocycles. The lowest BCUT2D eigenvalue weighted by Gasteiger charge is -2.24. The fourth-order valence-corrected chi connectivity index (χ4v) is 1.53. The van der Waals surface area contributed by atoms with Gasteiger partial charge in [-0.05, 0) is 31.5 Å². The topological polar surface area (TPSA) is 113 Å². The van der Waals surface area contributed by atoms with Gasteiger partial charge in [0.2, 0.25) is 5.91 Å². The van der Waals surface area contributed by atoms with Crippen LogP contribution in [-0.2, 0) is 15.0 Å². The molecule has 0 spiro atoms. The summed E-state index contributed by atoms with van der Waals surface area (Å²) in [5.74, 6) is -1.73. The predicted octanol–water partition coefficient (Wildman–Crippen LogP) is 0.108. The second-order valence-electron chi connectivity index (χ2n) is 4.81. The number of nitrogens with one attached hydrogen (secondary N) is 1. The van der Waals surface area contributed by atoms with E-state index in [1.165, 1.54) is 0 Å². The highest BCUT2D eigenvalue weighted by atomic mass is 16.4. The molecule has 0 fully saturated rings. The maximum Gasteiger partial charge on any atom is 0.334 e. The van der Waals surface area contributed by atoms with Crippen LogP contribution < -0.4 is 11.1 Å². The van der Waals surface area contributed by atoms with E-state index in [9.17, 15) is 9.59 Å². The van der Waals surface area contributed by atoms with Gasteiger partial charge < -0.3 is 21.3 Å². The SMILES string of the molecule is CC(C)(C(=O)NCC(O)C(=O)O)c1ccc(N)cc1. The summed E-state index contributed by atoms with van der Waals surface area (Å²) in [6, 6.07) is 6.86. The molecule has 1 unspecified atom stereocenters. The number of carboxylic acid groups (broad SMARTS) is 1. The molecule has 6 nitrogen and oxygen atoms in total. The first kappa shape index (κ1) is 15.0. The van der Waals surface area contributed by atoms with Gasteiger partial charge in [-0.15, -0.1) is 0 Å². The second-order valence-corrected chi connectivity index (χ2v) is 4.81. The third-order valence-corrected chi connectivity index (χ3v) is 2.94. The number of carboxylic acids is 1. The molecule has 0 aliphatic carbocycles. The van der Waals surface area contributed by atoms with E-state index in [2.05, 4.69) is 5.32 Å². The molecule has 1 aromatic rings. The molecule has 19 heavy (non-hydrogen) atoms. The number of hydrogen-bond donors (Lipinski definition) is 4. The number of aliphatic hydroxyl groups is 1. The van der Waals surface area contributed by atoms with Crippen LogP contribution in [0.3, 0.4) is 0 Å². The summed E-state index contributed by atoms with van der Waals surface area (Å²) in [5, 5.41) is 20.1. The van der Waals surface area contributed by atoms with Gasteiger partial charge >= 0.3 is 5.97 Å². The number of aliphatic carboxylic acids is 1. The van der Waals surface area contributed by atoms with Gasteiger partial charge in [-0.3, -0.25) is 4.79 Å². The smallest absolute Gasteiger partial charge is 0.334 e. The molecule has 0 aromatic heterocycles. The van der Waals surface area contributed by atoms with Crippen LogP contribution in [0.15, 0.2) is 24.3 Å². The Morgan fingerprint density at radius 2 is 1.84 bits per heavy atom. The fourth-order valence-electron chi connectivity index (χ4n) is 1.53. The molecule has 1 rings (SSSR count). The van der Waals surface area contributed by atoms with Crippen molar-refractivity contribution in [3.63, 3.8) is 0 Å². The number of rotatable bonds is 5. The van der Waals surface area contributed by atoms with E-state index in [1.807, 2.05) is 0 Å². The lowest BCUT2D eigenvalue weighted by molar-refractivity contribution is -0.146. The maximum atomic E-state index is 12.0. The molecule has 5 N–H and O–H groups in total. The normalized spacial score (nSPS) is 12.8. The highest BCUT2D eigenvalue weighted by Crippen LogP contribution is 2.24. The van der Waals surface area contributed by atoms with Gasteiger partial charge in [-0.2, -0.15) is 0 Å². The number of hydrogen-bond acceptors (Lipinski definition) is 4. The van der Waals surface area contributed by atoms with E-state index in [0.29, 0.717) is 5.69 Å². The highest BCUT2D eigenvalue weighted by Gasteiger charge is 2.30. The average molecular weight is 266 g/mol. The molecule has 0 saturated heterocycles. The zero-order chi connectivity index (χ0) is 14.6. The van der Waals surface area contributed by atoms with Crippen LogP contribution in [0.2, 0.25) is 0 Å². The summed E-state index contributed by atoms with van der Waals surface area (Å²) in [5.41, 5.74) is 6.09. The molecule has 0 aliphatic heterocycles. The lowest BCUT2D eigenvalue weighted by atomic mass is 9.83. The van der Waals surface area contributed by atoms with E-state index in [-0.39, 0.29) is 12.5 Å². The molecule has 0 bridgehead atoms. The van der Waals surface area contributed by atoms with Crippen LogP contribution in [0.1, 0.15) is 19.4 Å². The first-order valence-electron chi connectivity index (χ1n) is 5.80. The highest BCUT2D eigenvalue weighted by molar-refractivity contribution is 5.87. The summed E-state index contributed by atoms with van der Waals surface area (Å²) in [6.07, 6.45) is -1.61. The van der Waals surface area contributed by atoms with Gasteiger partial charge in [0, 0.05) is 5.69 Å². The largest absolute Gasteiger partial charge is 0.479 e.